The molecule has 0 amide bonds. The number of aliphatic carboxylic acids is 1. The molecule has 0 fully saturated rings. The van der Waals surface area contributed by atoms with E-state index in [2.05, 4.69) is 0 Å². The maximum atomic E-state index is 12.1. The van der Waals surface area contributed by atoms with Gasteiger partial charge in [0.05, 0.1) is 4.90 Å². The van der Waals surface area contributed by atoms with Crippen molar-refractivity contribution in [3.05, 3.63) is 54.6 Å². The lowest BCUT2D eigenvalue weighted by molar-refractivity contribution is -0.135. The molecule has 112 valence electrons. The Morgan fingerprint density at radius 3 is 2.14 bits per heavy atom. The molecule has 5 nitrogen and oxygen atoms in total. The van der Waals surface area contributed by atoms with Crippen molar-refractivity contribution in [2.45, 2.75) is 4.90 Å². The molecule has 0 heterocycles. The topological polar surface area (TPSA) is 83.5 Å². The second kappa shape index (κ2) is 5.40. The van der Waals surface area contributed by atoms with E-state index in [9.17, 15) is 13.2 Å². The van der Waals surface area contributed by atoms with Crippen molar-refractivity contribution in [1.29, 1.82) is 0 Å². The Kier molecular flexibility index (Phi) is 3.56. The van der Waals surface area contributed by atoms with Gasteiger partial charge in [-0.25, -0.2) is 8.42 Å². The number of fused-ring (bicyclic) bond motifs is 2. The molecule has 0 saturated heterocycles. The van der Waals surface area contributed by atoms with Crippen molar-refractivity contribution in [2.75, 3.05) is 6.54 Å². The first-order chi connectivity index (χ1) is 10.5. The van der Waals surface area contributed by atoms with E-state index in [0.717, 1.165) is 21.5 Å². The van der Waals surface area contributed by atoms with Gasteiger partial charge in [0.2, 0.25) is 10.0 Å². The fraction of sp³-hybridized carbons (Fsp3) is 0.0625. The van der Waals surface area contributed by atoms with Gasteiger partial charge in [-0.1, -0.05) is 30.3 Å². The SMILES string of the molecule is O=C(O)CNS(=O)(=O)c1ccc2cc3ccccc3cc2c1. The molecule has 3 aromatic rings. The third kappa shape index (κ3) is 2.79. The zero-order valence-corrected chi connectivity index (χ0v) is 12.3. The van der Waals surface area contributed by atoms with Crippen molar-refractivity contribution >= 4 is 37.5 Å². The summed E-state index contributed by atoms with van der Waals surface area (Å²) in [5.41, 5.74) is 0. The maximum absolute atomic E-state index is 12.1. The number of hydrogen-bond acceptors (Lipinski definition) is 3. The van der Waals surface area contributed by atoms with E-state index in [1.54, 1.807) is 12.1 Å². The Morgan fingerprint density at radius 1 is 0.909 bits per heavy atom. The zero-order valence-electron chi connectivity index (χ0n) is 11.5. The van der Waals surface area contributed by atoms with Gasteiger partial charge in [-0.05, 0) is 45.8 Å². The molecule has 3 rings (SSSR count). The van der Waals surface area contributed by atoms with Gasteiger partial charge in [0, 0.05) is 0 Å². The van der Waals surface area contributed by atoms with Gasteiger partial charge in [0.25, 0.3) is 0 Å². The highest BCUT2D eigenvalue weighted by molar-refractivity contribution is 7.89. The molecule has 0 unspecified atom stereocenters. The number of hydrogen-bond donors (Lipinski definition) is 2. The summed E-state index contributed by atoms with van der Waals surface area (Å²) in [6, 6.07) is 16.5. The number of rotatable bonds is 4. The fourth-order valence-corrected chi connectivity index (χ4v) is 3.33. The van der Waals surface area contributed by atoms with Crippen LogP contribution in [0, 0.1) is 0 Å². The van der Waals surface area contributed by atoms with E-state index in [-0.39, 0.29) is 4.90 Å². The Hall–Kier alpha value is -2.44. The Morgan fingerprint density at radius 2 is 1.50 bits per heavy atom. The molecule has 6 heteroatoms. The van der Waals surface area contributed by atoms with Crippen LogP contribution in [0.1, 0.15) is 0 Å². The highest BCUT2D eigenvalue weighted by atomic mass is 32.2. The molecule has 0 atom stereocenters. The molecule has 0 saturated carbocycles. The van der Waals surface area contributed by atoms with Gasteiger partial charge in [-0.3, -0.25) is 4.79 Å². The van der Waals surface area contributed by atoms with E-state index < -0.39 is 22.5 Å². The number of sulfonamides is 1. The largest absolute Gasteiger partial charge is 0.480 e. The summed E-state index contributed by atoms with van der Waals surface area (Å²) >= 11 is 0. The van der Waals surface area contributed by atoms with Crippen LogP contribution in [-0.4, -0.2) is 26.0 Å². The highest BCUT2D eigenvalue weighted by Gasteiger charge is 2.15. The molecule has 0 bridgehead atoms. The van der Waals surface area contributed by atoms with Crippen LogP contribution >= 0.6 is 0 Å². The molecule has 0 aromatic heterocycles. The first kappa shape index (κ1) is 14.5. The maximum Gasteiger partial charge on any atom is 0.318 e. The van der Waals surface area contributed by atoms with Crippen LogP contribution in [-0.2, 0) is 14.8 Å². The van der Waals surface area contributed by atoms with E-state index in [1.807, 2.05) is 41.1 Å². The molecule has 0 aliphatic heterocycles. The number of benzene rings is 3. The second-order valence-corrected chi connectivity index (χ2v) is 6.69. The number of carboxylic acids is 1. The van der Waals surface area contributed by atoms with Crippen LogP contribution in [0.25, 0.3) is 21.5 Å². The minimum Gasteiger partial charge on any atom is -0.480 e. The van der Waals surface area contributed by atoms with Gasteiger partial charge in [0.1, 0.15) is 6.54 Å². The number of nitrogens with one attached hydrogen (secondary N) is 1. The van der Waals surface area contributed by atoms with Gasteiger partial charge in [-0.15, -0.1) is 0 Å². The normalized spacial score (nSPS) is 11.8. The van der Waals surface area contributed by atoms with Crippen LogP contribution in [0.4, 0.5) is 0 Å². The third-order valence-electron chi connectivity index (χ3n) is 3.40. The Labute approximate surface area is 127 Å². The van der Waals surface area contributed by atoms with E-state index >= 15 is 0 Å². The van der Waals surface area contributed by atoms with Crippen molar-refractivity contribution in [3.8, 4) is 0 Å². The first-order valence-electron chi connectivity index (χ1n) is 6.60. The summed E-state index contributed by atoms with van der Waals surface area (Å²) < 4.78 is 26.2. The van der Waals surface area contributed by atoms with Gasteiger partial charge in [-0.2, -0.15) is 4.72 Å². The molecule has 0 aliphatic carbocycles. The van der Waals surface area contributed by atoms with Crippen LogP contribution < -0.4 is 4.72 Å². The molecular formula is C16H13NO4S. The molecular weight excluding hydrogens is 302 g/mol. The first-order valence-corrected chi connectivity index (χ1v) is 8.08. The van der Waals surface area contributed by atoms with Crippen molar-refractivity contribution < 1.29 is 18.3 Å². The Bertz CT molecular complexity index is 980. The summed E-state index contributed by atoms with van der Waals surface area (Å²) in [6.45, 7) is -0.641. The van der Waals surface area contributed by atoms with Gasteiger partial charge < -0.3 is 5.11 Å². The number of carbonyl (C=O) groups is 1. The van der Waals surface area contributed by atoms with Crippen LogP contribution in [0.5, 0.6) is 0 Å². The predicted octanol–water partition coefficient (Wildman–Crippen LogP) is 2.36. The monoisotopic (exact) mass is 315 g/mol. The lowest BCUT2D eigenvalue weighted by atomic mass is 10.0. The predicted molar refractivity (Wildman–Crippen MR) is 84.3 cm³/mol. The lowest BCUT2D eigenvalue weighted by Gasteiger charge is -2.07. The van der Waals surface area contributed by atoms with Gasteiger partial charge in [0.15, 0.2) is 0 Å². The summed E-state index contributed by atoms with van der Waals surface area (Å²) in [5.74, 6) is -1.23. The standard InChI is InChI=1S/C16H13NO4S/c18-16(19)10-17-22(20,21)15-6-5-13-7-11-3-1-2-4-12(11)8-14(13)9-15/h1-9,17H,10H2,(H,18,19). The lowest BCUT2D eigenvalue weighted by Crippen LogP contribution is -2.29. The minimum absolute atomic E-state index is 0.0523. The quantitative estimate of drug-likeness (QED) is 0.724. The molecule has 3 aromatic carbocycles. The Balaban J connectivity index is 2.09. The molecule has 0 spiro atoms. The van der Waals surface area contributed by atoms with Crippen molar-refractivity contribution in [3.63, 3.8) is 0 Å². The minimum atomic E-state index is -3.83. The molecule has 0 aliphatic rings. The average molecular weight is 315 g/mol. The third-order valence-corrected chi connectivity index (χ3v) is 4.80. The zero-order chi connectivity index (χ0) is 15.7. The van der Waals surface area contributed by atoms with Crippen molar-refractivity contribution in [1.82, 2.24) is 4.72 Å². The fourth-order valence-electron chi connectivity index (χ4n) is 2.33. The van der Waals surface area contributed by atoms with Crippen molar-refractivity contribution in [2.24, 2.45) is 0 Å². The van der Waals surface area contributed by atoms with Crippen LogP contribution in [0.3, 0.4) is 0 Å². The second-order valence-electron chi connectivity index (χ2n) is 4.93. The molecule has 22 heavy (non-hydrogen) atoms. The smallest absolute Gasteiger partial charge is 0.318 e. The highest BCUT2D eigenvalue weighted by Crippen LogP contribution is 2.25. The summed E-state index contributed by atoms with van der Waals surface area (Å²) in [6.07, 6.45) is 0. The van der Waals surface area contributed by atoms with E-state index in [0.29, 0.717) is 0 Å². The summed E-state index contributed by atoms with van der Waals surface area (Å²) in [7, 11) is -3.83. The van der Waals surface area contributed by atoms with E-state index in [4.69, 9.17) is 5.11 Å². The van der Waals surface area contributed by atoms with Gasteiger partial charge >= 0.3 is 5.97 Å². The van der Waals surface area contributed by atoms with E-state index in [1.165, 1.54) is 6.07 Å². The van der Waals surface area contributed by atoms with Crippen LogP contribution in [0.15, 0.2) is 59.5 Å². The summed E-state index contributed by atoms with van der Waals surface area (Å²) in [5, 5.41) is 12.4. The average Bonchev–Trinajstić information content (AvgIpc) is 2.50. The summed E-state index contributed by atoms with van der Waals surface area (Å²) in [4.78, 5) is 10.6. The molecule has 2 N–H and O–H groups in total. The van der Waals surface area contributed by atoms with Crippen LogP contribution in [0.2, 0.25) is 0 Å². The molecule has 0 radical (unpaired) electrons. The number of carboxylic acid groups (broad SMARTS) is 1.